The Morgan fingerprint density at radius 3 is 0.807 bits per heavy atom. The van der Waals surface area contributed by atoms with Crippen LogP contribution in [0.4, 0.5) is 0 Å². The Labute approximate surface area is 734 Å². The van der Waals surface area contributed by atoms with Crippen LogP contribution in [-0.4, -0.2) is 0 Å². The first kappa shape index (κ1) is 49.5. The lowest BCUT2D eigenvalue weighted by molar-refractivity contribution is 1.61. The SMILES string of the molecule is [2H]c1c([2H])c([2H])c2c(-c3cccc4c3sc3ccccc34)c3c([2H])c([2H])c([2H])c([2H])c3c(-c3ccc(-c4cccc5ccccc45)cc3)c2c1[2H].[2H]c1c([2H])c([2H])c2c(-c3cccc4c3sc3ccccc34)c3c([2H])c([2H])c([2H])c([2H])c3c(-c3ccc(-c4ccccc4)cc3)c2c1[2H].[2H]c1c([2H])c([2H])c2c(-c3cccc4c3sc3ccccc34)c3c([2H])c([2H])c([2H])c([2H])c3c(-c3ccc4ccccc4c3)c2c1[2H]. The number of hydrogen-bond donors (Lipinski definition) is 0. The van der Waals surface area contributed by atoms with E-state index in [-0.39, 0.29) is 137 Å². The van der Waals surface area contributed by atoms with Crippen molar-refractivity contribution >= 4 is 181 Å². The summed E-state index contributed by atoms with van der Waals surface area (Å²) >= 11 is 4.66. The van der Waals surface area contributed by atoms with Crippen molar-refractivity contribution in [2.45, 2.75) is 0 Å². The van der Waals surface area contributed by atoms with E-state index in [0.717, 1.165) is 104 Å². The van der Waals surface area contributed by atoms with Crippen molar-refractivity contribution in [2.75, 3.05) is 0 Å². The van der Waals surface area contributed by atoms with Crippen molar-refractivity contribution in [3.8, 4) is 89.0 Å². The number of hydrogen-bond acceptors (Lipinski definition) is 3. The first-order valence-electron chi connectivity index (χ1n) is 50.9. The molecule has 554 valence electrons. The molecule has 0 saturated carbocycles. The fourth-order valence-electron chi connectivity index (χ4n) is 17.5. The Bertz CT molecular complexity index is 9660. The molecule has 0 unspecified atom stereocenters. The average molecular weight is 1590 g/mol. The Balaban J connectivity index is 0.000000119. The summed E-state index contributed by atoms with van der Waals surface area (Å²) in [6, 6.07) is 86.1. The van der Waals surface area contributed by atoms with E-state index in [4.69, 9.17) is 16.4 Å². The van der Waals surface area contributed by atoms with Crippen LogP contribution in [0, 0.1) is 0 Å². The molecule has 3 heterocycles. The van der Waals surface area contributed by atoms with Crippen LogP contribution in [0.15, 0.2) is 436 Å². The number of benzene rings is 22. The third-order valence-corrected chi connectivity index (χ3v) is 26.4. The van der Waals surface area contributed by atoms with E-state index in [0.29, 0.717) is 66.8 Å². The first-order chi connectivity index (χ1) is 69.0. The number of thiophene rings is 3. The summed E-state index contributed by atoms with van der Waals surface area (Å²) in [5.74, 6) is 0. The molecule has 119 heavy (non-hydrogen) atoms. The molecule has 0 aliphatic rings. The summed E-state index contributed by atoms with van der Waals surface area (Å²) in [4.78, 5) is 0. The smallest absolute Gasteiger partial charge is 0.0629 e. The lowest BCUT2D eigenvalue weighted by Gasteiger charge is -2.18. The van der Waals surface area contributed by atoms with Gasteiger partial charge in [0.15, 0.2) is 0 Å². The normalized spacial score (nSPS) is 14.5. The molecular formula is C116H72S3. The molecule has 3 aromatic heterocycles. The standard InChI is InChI=1S/C42H26S.C38H24S.C36H22S/c1-2-13-30-27(11-1)12-9-19-31(30)28-23-25-29(26-24-28)40-33-15-3-5-17-35(33)41(36-18-6-4-16-34(36)40)38-21-10-20-37-32-14-7-8-22-39(32)43-42(37)38;1-2-11-25(12-3-1)26-21-23-27(24-22-26)36-29-14-4-6-16-31(29)37(32-17-7-5-15-30(32)36)34-19-10-18-33-28-13-8-9-20-35(28)39-38(33)34;1-2-11-24-22-25(21-20-23(24)10-1)34-27-13-3-5-15-29(27)35(30-16-6-4-14-28(30)34)32-18-9-17-31-26-12-7-8-19-33(26)37-36(31)32/h1-26H;1-24H;1-22H/i3D,4D,5D,6D,15D,16D,17D,18D;4D,5D,6D,7D,14D,15D,16D,17D;3D,4D,5D,6D,13D,14D,15D,16D. The maximum Gasteiger partial charge on any atom is 0.0629 e. The third kappa shape index (κ3) is 11.9. The van der Waals surface area contributed by atoms with Crippen LogP contribution in [0.5, 0.6) is 0 Å². The molecule has 0 fully saturated rings. The van der Waals surface area contributed by atoms with Crippen LogP contribution >= 0.6 is 34.0 Å². The molecule has 0 aliphatic heterocycles. The summed E-state index contributed by atoms with van der Waals surface area (Å²) < 4.78 is 221. The second-order valence-corrected chi connectivity index (χ2v) is 32.4. The minimum atomic E-state index is -0.410. The van der Waals surface area contributed by atoms with Gasteiger partial charge in [-0.15, -0.1) is 34.0 Å². The van der Waals surface area contributed by atoms with Gasteiger partial charge in [0.25, 0.3) is 0 Å². The number of rotatable bonds is 8. The van der Waals surface area contributed by atoms with E-state index >= 15 is 0 Å². The van der Waals surface area contributed by atoms with Crippen molar-refractivity contribution in [2.24, 2.45) is 0 Å². The van der Waals surface area contributed by atoms with Gasteiger partial charge in [0.2, 0.25) is 0 Å². The highest BCUT2D eigenvalue weighted by Gasteiger charge is 2.25. The highest BCUT2D eigenvalue weighted by molar-refractivity contribution is 7.27. The van der Waals surface area contributed by atoms with Gasteiger partial charge in [-0.2, -0.15) is 0 Å². The predicted octanol–water partition coefficient (Wildman–Crippen LogP) is 34.7. The van der Waals surface area contributed by atoms with E-state index in [9.17, 15) is 16.4 Å². The Morgan fingerprint density at radius 1 is 0.151 bits per heavy atom. The molecule has 0 aliphatic carbocycles. The molecular weight excluding hydrogens is 1490 g/mol. The van der Waals surface area contributed by atoms with Gasteiger partial charge in [0.05, 0.1) is 32.9 Å². The van der Waals surface area contributed by atoms with Crippen molar-refractivity contribution in [3.05, 3.63) is 436 Å². The molecule has 0 saturated heterocycles. The van der Waals surface area contributed by atoms with Crippen LogP contribution in [-0.2, 0) is 0 Å². The van der Waals surface area contributed by atoms with E-state index < -0.39 is 72.5 Å². The summed E-state index contributed by atoms with van der Waals surface area (Å²) in [6.07, 6.45) is 0. The molecule has 0 N–H and O–H groups in total. The van der Waals surface area contributed by atoms with Crippen molar-refractivity contribution in [1.82, 2.24) is 0 Å². The van der Waals surface area contributed by atoms with Crippen molar-refractivity contribution < 1.29 is 32.9 Å². The van der Waals surface area contributed by atoms with Gasteiger partial charge in [0, 0.05) is 77.2 Å². The summed E-state index contributed by atoms with van der Waals surface area (Å²) in [7, 11) is 0. The van der Waals surface area contributed by atoms with Gasteiger partial charge in [-0.25, -0.2) is 0 Å². The van der Waals surface area contributed by atoms with Gasteiger partial charge >= 0.3 is 0 Å². The molecule has 0 amide bonds. The predicted molar refractivity (Wildman–Crippen MR) is 522 cm³/mol. The first-order valence-corrected chi connectivity index (χ1v) is 41.3. The van der Waals surface area contributed by atoms with E-state index in [2.05, 4.69) is 24.3 Å². The van der Waals surface area contributed by atoms with Gasteiger partial charge in [-0.3, -0.25) is 0 Å². The average Bonchev–Trinajstić information content (AvgIpc) is 1.44. The largest absolute Gasteiger partial charge is 0.135 e. The lowest BCUT2D eigenvalue weighted by Crippen LogP contribution is -1.91. The second kappa shape index (κ2) is 29.4. The molecule has 3 heteroatoms. The number of fused-ring (bicyclic) bond motifs is 17. The molecule has 22 aromatic carbocycles. The minimum Gasteiger partial charge on any atom is -0.135 e. The zero-order valence-corrected chi connectivity index (χ0v) is 65.4. The molecule has 25 rings (SSSR count). The third-order valence-electron chi connectivity index (χ3n) is 22.7. The zero-order valence-electron chi connectivity index (χ0n) is 86.9. The monoisotopic (exact) mass is 1580 g/mol. The zero-order chi connectivity index (χ0) is 99.3. The van der Waals surface area contributed by atoms with E-state index in [1.165, 1.54) is 0 Å². The maximum atomic E-state index is 9.33. The highest BCUT2D eigenvalue weighted by Crippen LogP contribution is 2.53. The summed E-state index contributed by atoms with van der Waals surface area (Å²) in [5, 5.41) is 12.7. The molecule has 0 bridgehead atoms. The van der Waals surface area contributed by atoms with Crippen LogP contribution in [0.3, 0.4) is 0 Å². The van der Waals surface area contributed by atoms with Crippen LogP contribution < -0.4 is 0 Å². The quantitative estimate of drug-likeness (QED) is 0.133. The fraction of sp³-hybridized carbons (Fsp3) is 0. The Morgan fingerprint density at radius 2 is 0.412 bits per heavy atom. The second-order valence-electron chi connectivity index (χ2n) is 29.2. The fourth-order valence-corrected chi connectivity index (χ4v) is 21.1. The lowest BCUT2D eigenvalue weighted by atomic mass is 9.85. The van der Waals surface area contributed by atoms with Crippen LogP contribution in [0.25, 0.3) is 236 Å². The Hall–Kier alpha value is -14.4. The van der Waals surface area contributed by atoms with Gasteiger partial charge in [-0.1, -0.05) is 412 Å². The van der Waals surface area contributed by atoms with Gasteiger partial charge in [-0.05, 0) is 183 Å². The van der Waals surface area contributed by atoms with Gasteiger partial charge < -0.3 is 0 Å². The molecule has 0 atom stereocenters. The highest BCUT2D eigenvalue weighted by atomic mass is 32.1. The summed E-state index contributed by atoms with van der Waals surface area (Å²) in [6.45, 7) is 0. The molecule has 0 radical (unpaired) electrons. The van der Waals surface area contributed by atoms with E-state index in [1.807, 2.05) is 267 Å². The Kier molecular flexibility index (Phi) is 12.2. The van der Waals surface area contributed by atoms with Crippen LogP contribution in [0.2, 0.25) is 0 Å². The summed E-state index contributed by atoms with van der Waals surface area (Å²) in [5.41, 5.74) is 9.82. The van der Waals surface area contributed by atoms with Crippen LogP contribution in [0.1, 0.15) is 32.9 Å². The van der Waals surface area contributed by atoms with Crippen molar-refractivity contribution in [3.63, 3.8) is 0 Å². The van der Waals surface area contributed by atoms with E-state index in [1.54, 1.807) is 34.0 Å². The minimum absolute atomic E-state index is 0.213. The molecule has 25 aromatic rings. The molecule has 0 nitrogen and oxygen atoms in total. The maximum absolute atomic E-state index is 9.33. The van der Waals surface area contributed by atoms with Crippen molar-refractivity contribution in [1.29, 1.82) is 0 Å². The van der Waals surface area contributed by atoms with Gasteiger partial charge in [0.1, 0.15) is 0 Å². The molecule has 0 spiro atoms. The topological polar surface area (TPSA) is 0 Å².